The van der Waals surface area contributed by atoms with Crippen molar-refractivity contribution >= 4 is 39.3 Å². The van der Waals surface area contributed by atoms with Crippen LogP contribution in [0, 0.1) is 11.3 Å². The highest BCUT2D eigenvalue weighted by molar-refractivity contribution is 9.10. The van der Waals surface area contributed by atoms with Gasteiger partial charge in [-0.25, -0.2) is 9.79 Å². The number of carbonyl (C=O) groups is 1. The van der Waals surface area contributed by atoms with Gasteiger partial charge in [0.05, 0.1) is 17.9 Å². The number of benzene rings is 1. The van der Waals surface area contributed by atoms with Crippen LogP contribution >= 0.6 is 28.1 Å². The summed E-state index contributed by atoms with van der Waals surface area (Å²) in [5.41, 5.74) is 0.545. The first-order chi connectivity index (χ1) is 12.4. The number of hydrogen-bond donors (Lipinski definition) is 0. The molecule has 1 spiro atoms. The van der Waals surface area contributed by atoms with E-state index in [-0.39, 0.29) is 17.5 Å². The maximum absolute atomic E-state index is 13.3. The molecular formula is C20H24BrNO3S. The second-order valence-electron chi connectivity index (χ2n) is 7.39. The standard InChI is InChI=1S/C20H24BrNO3S/c1-4-25-18(23)20(22-12-26)16-9-15(21)6-5-14(16)11-19(20)8-7-17(24-3)13(2)10-19/h5-6,9,13,17H,4,7-8,10-11H2,1-3H3. The normalized spacial score (nSPS) is 32.8. The van der Waals surface area contributed by atoms with Crippen LogP contribution in [0.3, 0.4) is 0 Å². The van der Waals surface area contributed by atoms with Crippen LogP contribution in [0.25, 0.3) is 0 Å². The lowest BCUT2D eigenvalue weighted by atomic mass is 9.59. The first-order valence-corrected chi connectivity index (χ1v) is 10.2. The molecule has 1 fully saturated rings. The summed E-state index contributed by atoms with van der Waals surface area (Å²) in [5, 5.41) is 2.52. The van der Waals surface area contributed by atoms with E-state index in [9.17, 15) is 4.79 Å². The van der Waals surface area contributed by atoms with Gasteiger partial charge in [0, 0.05) is 17.0 Å². The topological polar surface area (TPSA) is 47.9 Å². The number of halogens is 1. The Balaban J connectivity index is 2.21. The molecule has 0 heterocycles. The minimum atomic E-state index is -1.13. The molecule has 1 aromatic rings. The van der Waals surface area contributed by atoms with Crippen molar-refractivity contribution in [2.45, 2.75) is 51.2 Å². The van der Waals surface area contributed by atoms with Gasteiger partial charge in [0.1, 0.15) is 0 Å². The van der Waals surface area contributed by atoms with Gasteiger partial charge in [-0.05, 0) is 74.0 Å². The third-order valence-electron chi connectivity index (χ3n) is 6.10. The van der Waals surface area contributed by atoms with Crippen molar-refractivity contribution in [1.82, 2.24) is 0 Å². The van der Waals surface area contributed by atoms with Crippen molar-refractivity contribution in [2.75, 3.05) is 13.7 Å². The van der Waals surface area contributed by atoms with Crippen molar-refractivity contribution < 1.29 is 14.3 Å². The molecule has 1 aromatic carbocycles. The summed E-state index contributed by atoms with van der Waals surface area (Å²) in [6.45, 7) is 4.31. The van der Waals surface area contributed by atoms with Crippen LogP contribution in [-0.2, 0) is 26.2 Å². The van der Waals surface area contributed by atoms with Crippen molar-refractivity contribution in [3.8, 4) is 0 Å². The molecule has 0 N–H and O–H groups in total. The lowest BCUT2D eigenvalue weighted by molar-refractivity contribution is -0.159. The predicted molar refractivity (Wildman–Crippen MR) is 107 cm³/mol. The lowest BCUT2D eigenvalue weighted by Gasteiger charge is -2.47. The molecule has 2 aliphatic rings. The Morgan fingerprint density at radius 3 is 2.88 bits per heavy atom. The molecule has 0 radical (unpaired) electrons. The van der Waals surface area contributed by atoms with Gasteiger partial charge in [-0.3, -0.25) is 0 Å². The second kappa shape index (κ2) is 7.51. The quantitative estimate of drug-likeness (QED) is 0.389. The third-order valence-corrected chi connectivity index (χ3v) is 6.68. The molecule has 0 bridgehead atoms. The molecule has 4 unspecified atom stereocenters. The minimum Gasteiger partial charge on any atom is -0.464 e. The molecule has 3 rings (SSSR count). The summed E-state index contributed by atoms with van der Waals surface area (Å²) in [7, 11) is 1.76. The maximum Gasteiger partial charge on any atom is 0.340 e. The number of rotatable bonds is 4. The number of fused-ring (bicyclic) bond motifs is 1. The van der Waals surface area contributed by atoms with Crippen molar-refractivity contribution in [3.63, 3.8) is 0 Å². The van der Waals surface area contributed by atoms with Gasteiger partial charge in [0.15, 0.2) is 5.54 Å². The Bertz CT molecular complexity index is 763. The molecule has 1 saturated carbocycles. The van der Waals surface area contributed by atoms with E-state index < -0.39 is 5.54 Å². The first-order valence-electron chi connectivity index (χ1n) is 9.02. The maximum atomic E-state index is 13.3. The molecule has 0 aliphatic heterocycles. The number of isothiocyanates is 1. The van der Waals surface area contributed by atoms with E-state index >= 15 is 0 Å². The first kappa shape index (κ1) is 19.7. The number of ether oxygens (including phenoxy) is 2. The van der Waals surface area contributed by atoms with Crippen LogP contribution in [0.4, 0.5) is 0 Å². The van der Waals surface area contributed by atoms with Crippen molar-refractivity contribution in [2.24, 2.45) is 16.3 Å². The van der Waals surface area contributed by atoms with Crippen LogP contribution in [0.2, 0.25) is 0 Å². The number of thiocarbonyl (C=S) groups is 1. The van der Waals surface area contributed by atoms with Crippen LogP contribution in [0.5, 0.6) is 0 Å². The second-order valence-corrected chi connectivity index (χ2v) is 8.49. The smallest absolute Gasteiger partial charge is 0.340 e. The number of hydrogen-bond acceptors (Lipinski definition) is 5. The summed E-state index contributed by atoms with van der Waals surface area (Å²) >= 11 is 8.53. The van der Waals surface area contributed by atoms with E-state index in [4.69, 9.17) is 21.7 Å². The van der Waals surface area contributed by atoms with E-state index in [2.05, 4.69) is 39.1 Å². The van der Waals surface area contributed by atoms with Gasteiger partial charge in [0.2, 0.25) is 0 Å². The molecule has 26 heavy (non-hydrogen) atoms. The van der Waals surface area contributed by atoms with Gasteiger partial charge >= 0.3 is 5.97 Å². The van der Waals surface area contributed by atoms with Gasteiger partial charge in [-0.15, -0.1) is 0 Å². The van der Waals surface area contributed by atoms with E-state index in [0.717, 1.165) is 41.3 Å². The van der Waals surface area contributed by atoms with E-state index in [1.807, 2.05) is 19.1 Å². The number of methoxy groups -OCH3 is 1. The highest BCUT2D eigenvalue weighted by Crippen LogP contribution is 2.61. The minimum absolute atomic E-state index is 0.201. The SMILES string of the molecule is CCOC(=O)C1(N=C=S)c2cc(Br)ccc2CC12CCC(OC)C(C)C2. The van der Waals surface area contributed by atoms with Gasteiger partial charge in [-0.2, -0.15) is 0 Å². The van der Waals surface area contributed by atoms with Gasteiger partial charge in [0.25, 0.3) is 0 Å². The molecule has 6 heteroatoms. The monoisotopic (exact) mass is 437 g/mol. The Hall–Kier alpha value is -1.07. The molecule has 0 aromatic heterocycles. The molecule has 4 nitrogen and oxygen atoms in total. The van der Waals surface area contributed by atoms with Crippen LogP contribution in [0.15, 0.2) is 27.7 Å². The zero-order valence-electron chi connectivity index (χ0n) is 15.4. The van der Waals surface area contributed by atoms with E-state index in [0.29, 0.717) is 12.5 Å². The summed E-state index contributed by atoms with van der Waals surface area (Å²) in [6.07, 6.45) is 3.54. The Morgan fingerprint density at radius 1 is 1.50 bits per heavy atom. The number of esters is 1. The Morgan fingerprint density at radius 2 is 2.27 bits per heavy atom. The Kier molecular flexibility index (Phi) is 5.69. The lowest BCUT2D eigenvalue weighted by Crippen LogP contribution is -2.52. The molecule has 0 saturated heterocycles. The van der Waals surface area contributed by atoms with Crippen molar-refractivity contribution in [3.05, 3.63) is 33.8 Å². The zero-order chi connectivity index (χ0) is 18.9. The summed E-state index contributed by atoms with van der Waals surface area (Å²) in [4.78, 5) is 17.9. The molecule has 4 atom stereocenters. The fourth-order valence-electron chi connectivity index (χ4n) is 5.06. The molecule has 140 valence electrons. The number of nitrogens with zero attached hydrogens (tertiary/aromatic N) is 1. The zero-order valence-corrected chi connectivity index (χ0v) is 17.8. The molecule has 2 aliphatic carbocycles. The summed E-state index contributed by atoms with van der Waals surface area (Å²) in [5.74, 6) is -0.00195. The van der Waals surface area contributed by atoms with Gasteiger partial charge < -0.3 is 9.47 Å². The fraction of sp³-hybridized carbons (Fsp3) is 0.600. The summed E-state index contributed by atoms with van der Waals surface area (Å²) in [6, 6.07) is 6.08. The van der Waals surface area contributed by atoms with Crippen LogP contribution in [0.1, 0.15) is 44.2 Å². The summed E-state index contributed by atoms with van der Waals surface area (Å²) < 4.78 is 12.1. The molecular weight excluding hydrogens is 414 g/mol. The Labute approximate surface area is 168 Å². The van der Waals surface area contributed by atoms with Crippen molar-refractivity contribution in [1.29, 1.82) is 0 Å². The highest BCUT2D eigenvalue weighted by Gasteiger charge is 2.65. The fourth-order valence-corrected chi connectivity index (χ4v) is 5.56. The van der Waals surface area contributed by atoms with Gasteiger partial charge in [-0.1, -0.05) is 28.9 Å². The van der Waals surface area contributed by atoms with E-state index in [1.165, 1.54) is 0 Å². The largest absolute Gasteiger partial charge is 0.464 e. The number of aliphatic imine (C=N–C) groups is 1. The van der Waals surface area contributed by atoms with E-state index in [1.54, 1.807) is 7.11 Å². The molecule has 0 amide bonds. The van der Waals surface area contributed by atoms with Crippen LogP contribution < -0.4 is 0 Å². The highest BCUT2D eigenvalue weighted by atomic mass is 79.9. The predicted octanol–water partition coefficient (Wildman–Crippen LogP) is 4.69. The third kappa shape index (κ3) is 2.88. The number of carbonyl (C=O) groups excluding carboxylic acids is 1. The average Bonchev–Trinajstić information content (AvgIpc) is 2.86. The average molecular weight is 438 g/mol. The van der Waals surface area contributed by atoms with Crippen LogP contribution in [-0.4, -0.2) is 31.0 Å².